The molecule has 5 heteroatoms. The number of alkyl halides is 1. The highest BCUT2D eigenvalue weighted by molar-refractivity contribution is 7.13. The maximum absolute atomic E-state index is 11.8. The van der Waals surface area contributed by atoms with Crippen LogP contribution in [0.5, 0.6) is 0 Å². The number of nitrogens with zero attached hydrogens (tertiary/aromatic N) is 1. The lowest BCUT2D eigenvalue weighted by Crippen LogP contribution is -2.04. The predicted octanol–water partition coefficient (Wildman–Crippen LogP) is 2.89. The monoisotopic (exact) mass is 237 g/mol. The molecular formula is C11H8FNO2S. The van der Waals surface area contributed by atoms with Gasteiger partial charge in [0.2, 0.25) is 6.86 Å². The zero-order chi connectivity index (χ0) is 11.4. The van der Waals surface area contributed by atoms with E-state index in [1.807, 2.05) is 30.3 Å². The van der Waals surface area contributed by atoms with Crippen molar-refractivity contribution in [3.8, 4) is 10.6 Å². The molecule has 0 aliphatic rings. The molecule has 0 atom stereocenters. The molecule has 3 nitrogen and oxygen atoms in total. The fourth-order valence-corrected chi connectivity index (χ4v) is 2.00. The third kappa shape index (κ3) is 2.25. The van der Waals surface area contributed by atoms with E-state index >= 15 is 0 Å². The van der Waals surface area contributed by atoms with Gasteiger partial charge in [-0.15, -0.1) is 11.3 Å². The summed E-state index contributed by atoms with van der Waals surface area (Å²) in [7, 11) is 0. The molecule has 16 heavy (non-hydrogen) atoms. The second-order valence-corrected chi connectivity index (χ2v) is 3.80. The largest absolute Gasteiger partial charge is 0.429 e. The van der Waals surface area contributed by atoms with Gasteiger partial charge in [0.15, 0.2) is 5.69 Å². The quantitative estimate of drug-likeness (QED) is 0.770. The lowest BCUT2D eigenvalue weighted by molar-refractivity contribution is 0.0318. The summed E-state index contributed by atoms with van der Waals surface area (Å²) < 4.78 is 16.0. The van der Waals surface area contributed by atoms with Crippen LogP contribution >= 0.6 is 11.3 Å². The Bertz CT molecular complexity index is 484. The molecular weight excluding hydrogens is 229 g/mol. The Hall–Kier alpha value is -1.75. The van der Waals surface area contributed by atoms with Crippen molar-refractivity contribution < 1.29 is 13.9 Å². The maximum atomic E-state index is 11.8. The van der Waals surface area contributed by atoms with E-state index in [9.17, 15) is 9.18 Å². The minimum Gasteiger partial charge on any atom is -0.429 e. The Morgan fingerprint density at radius 2 is 2.12 bits per heavy atom. The van der Waals surface area contributed by atoms with Crippen LogP contribution in [0.1, 0.15) is 10.5 Å². The van der Waals surface area contributed by atoms with E-state index in [1.54, 1.807) is 5.38 Å². The van der Waals surface area contributed by atoms with E-state index in [2.05, 4.69) is 9.72 Å². The number of carbonyl (C=O) groups excluding carboxylic acids is 1. The number of carbonyl (C=O) groups is 1. The van der Waals surface area contributed by atoms with Gasteiger partial charge in [-0.05, 0) is 0 Å². The van der Waals surface area contributed by atoms with Gasteiger partial charge in [0.05, 0.1) is 0 Å². The fourth-order valence-electron chi connectivity index (χ4n) is 1.20. The summed E-state index contributed by atoms with van der Waals surface area (Å²) >= 11 is 1.32. The van der Waals surface area contributed by atoms with Gasteiger partial charge in [0.1, 0.15) is 5.01 Å². The molecule has 0 saturated carbocycles. The molecule has 0 aliphatic heterocycles. The number of halogens is 1. The Labute approximate surface area is 95.5 Å². The number of hydrogen-bond donors (Lipinski definition) is 0. The van der Waals surface area contributed by atoms with Crippen LogP contribution in [-0.2, 0) is 4.74 Å². The van der Waals surface area contributed by atoms with Gasteiger partial charge in [-0.2, -0.15) is 0 Å². The number of ether oxygens (including phenoxy) is 1. The van der Waals surface area contributed by atoms with E-state index in [1.165, 1.54) is 11.3 Å². The molecule has 0 unspecified atom stereocenters. The lowest BCUT2D eigenvalue weighted by atomic mass is 10.2. The maximum Gasteiger partial charge on any atom is 0.360 e. The minimum absolute atomic E-state index is 0.140. The van der Waals surface area contributed by atoms with E-state index in [-0.39, 0.29) is 5.69 Å². The van der Waals surface area contributed by atoms with Gasteiger partial charge in [0.25, 0.3) is 0 Å². The number of esters is 1. The number of hydrogen-bond acceptors (Lipinski definition) is 4. The van der Waals surface area contributed by atoms with Gasteiger partial charge < -0.3 is 4.74 Å². The first-order valence-electron chi connectivity index (χ1n) is 4.55. The van der Waals surface area contributed by atoms with Crippen molar-refractivity contribution >= 4 is 17.3 Å². The SMILES string of the molecule is O=C(OCF)c1csc(-c2ccccc2)n1. The Kier molecular flexibility index (Phi) is 3.26. The third-order valence-electron chi connectivity index (χ3n) is 1.92. The average Bonchev–Trinajstić information content (AvgIpc) is 2.80. The highest BCUT2D eigenvalue weighted by Gasteiger charge is 2.12. The topological polar surface area (TPSA) is 39.2 Å². The number of thiazole rings is 1. The minimum atomic E-state index is -1.13. The molecule has 0 spiro atoms. The Balaban J connectivity index is 2.23. The van der Waals surface area contributed by atoms with Gasteiger partial charge in [-0.1, -0.05) is 30.3 Å². The van der Waals surface area contributed by atoms with Crippen LogP contribution < -0.4 is 0 Å². The van der Waals surface area contributed by atoms with Crippen LogP contribution in [-0.4, -0.2) is 17.8 Å². The van der Waals surface area contributed by atoms with Crippen molar-refractivity contribution in [1.29, 1.82) is 0 Å². The summed E-state index contributed by atoms with van der Waals surface area (Å²) in [5.41, 5.74) is 1.06. The van der Waals surface area contributed by atoms with Crippen LogP contribution in [0, 0.1) is 0 Å². The van der Waals surface area contributed by atoms with Crippen LogP contribution in [0.25, 0.3) is 10.6 Å². The highest BCUT2D eigenvalue weighted by Crippen LogP contribution is 2.23. The molecule has 1 aromatic heterocycles. The molecule has 0 radical (unpaired) electrons. The number of benzene rings is 1. The van der Waals surface area contributed by atoms with E-state index in [0.29, 0.717) is 5.01 Å². The molecule has 0 fully saturated rings. The Morgan fingerprint density at radius 3 is 2.81 bits per heavy atom. The normalized spacial score (nSPS) is 10.1. The summed E-state index contributed by atoms with van der Waals surface area (Å²) in [5, 5.41) is 2.27. The zero-order valence-corrected chi connectivity index (χ0v) is 9.04. The van der Waals surface area contributed by atoms with Crippen molar-refractivity contribution in [2.75, 3.05) is 6.86 Å². The van der Waals surface area contributed by atoms with Crippen molar-refractivity contribution in [3.05, 3.63) is 41.4 Å². The van der Waals surface area contributed by atoms with Crippen LogP contribution in [0.4, 0.5) is 4.39 Å². The molecule has 0 saturated heterocycles. The summed E-state index contributed by atoms with van der Waals surface area (Å²) in [6, 6.07) is 9.45. The Morgan fingerprint density at radius 1 is 1.38 bits per heavy atom. The average molecular weight is 237 g/mol. The van der Waals surface area contributed by atoms with Gasteiger partial charge in [-0.25, -0.2) is 14.2 Å². The molecule has 0 aliphatic carbocycles. The smallest absolute Gasteiger partial charge is 0.360 e. The summed E-state index contributed by atoms with van der Waals surface area (Å²) in [4.78, 5) is 15.2. The summed E-state index contributed by atoms with van der Waals surface area (Å²) in [6.45, 7) is -1.13. The second-order valence-electron chi connectivity index (χ2n) is 2.94. The zero-order valence-electron chi connectivity index (χ0n) is 8.22. The second kappa shape index (κ2) is 4.85. The van der Waals surface area contributed by atoms with Gasteiger partial charge in [0, 0.05) is 10.9 Å². The fraction of sp³-hybridized carbons (Fsp3) is 0.0909. The van der Waals surface area contributed by atoms with Crippen LogP contribution in [0.2, 0.25) is 0 Å². The van der Waals surface area contributed by atoms with E-state index < -0.39 is 12.8 Å². The number of aromatic nitrogens is 1. The first-order chi connectivity index (χ1) is 7.81. The highest BCUT2D eigenvalue weighted by atomic mass is 32.1. The first kappa shape index (κ1) is 10.8. The number of rotatable bonds is 3. The molecule has 2 rings (SSSR count). The van der Waals surface area contributed by atoms with E-state index in [4.69, 9.17) is 0 Å². The van der Waals surface area contributed by atoms with E-state index in [0.717, 1.165) is 5.56 Å². The standard InChI is InChI=1S/C11H8FNO2S/c12-7-15-11(14)9-6-16-10(13-9)8-4-2-1-3-5-8/h1-6H,7H2. The molecule has 0 amide bonds. The van der Waals surface area contributed by atoms with Crippen molar-refractivity contribution in [2.45, 2.75) is 0 Å². The van der Waals surface area contributed by atoms with Crippen molar-refractivity contribution in [2.24, 2.45) is 0 Å². The van der Waals surface area contributed by atoms with Crippen LogP contribution in [0.3, 0.4) is 0 Å². The molecule has 2 aromatic rings. The van der Waals surface area contributed by atoms with Gasteiger partial charge in [-0.3, -0.25) is 0 Å². The molecule has 1 heterocycles. The third-order valence-corrected chi connectivity index (χ3v) is 2.81. The summed E-state index contributed by atoms with van der Waals surface area (Å²) in [6.07, 6.45) is 0. The lowest BCUT2D eigenvalue weighted by Gasteiger charge is -1.95. The molecule has 1 aromatic carbocycles. The van der Waals surface area contributed by atoms with Crippen molar-refractivity contribution in [1.82, 2.24) is 4.98 Å². The summed E-state index contributed by atoms with van der Waals surface area (Å²) in [5.74, 6) is -0.735. The molecule has 0 N–H and O–H groups in total. The molecule has 82 valence electrons. The predicted molar refractivity (Wildman–Crippen MR) is 58.9 cm³/mol. The first-order valence-corrected chi connectivity index (χ1v) is 5.43. The van der Waals surface area contributed by atoms with Gasteiger partial charge >= 0.3 is 5.97 Å². The van der Waals surface area contributed by atoms with Crippen LogP contribution in [0.15, 0.2) is 35.7 Å². The molecule has 0 bridgehead atoms. The van der Waals surface area contributed by atoms with Crippen molar-refractivity contribution in [3.63, 3.8) is 0 Å².